The zero-order valence-corrected chi connectivity index (χ0v) is 11.7. The van der Waals surface area contributed by atoms with Crippen LogP contribution in [-0.2, 0) is 0 Å². The van der Waals surface area contributed by atoms with E-state index < -0.39 is 10.8 Å². The van der Waals surface area contributed by atoms with Crippen molar-refractivity contribution in [3.63, 3.8) is 0 Å². The molecule has 0 saturated carbocycles. The molecule has 0 aliphatic carbocycles. The van der Waals surface area contributed by atoms with Gasteiger partial charge in [-0.1, -0.05) is 18.2 Å². The SMILES string of the molecule is Cc1cc([N+](=O)[O-])cc(C=NNC(=O)c2ccccc2)c1O. The molecule has 0 radical (unpaired) electrons. The molecule has 0 spiro atoms. The Balaban J connectivity index is 2.17. The summed E-state index contributed by atoms with van der Waals surface area (Å²) in [6, 6.07) is 10.9. The highest BCUT2D eigenvalue weighted by Crippen LogP contribution is 2.26. The van der Waals surface area contributed by atoms with Crippen LogP contribution in [-0.4, -0.2) is 22.2 Å². The van der Waals surface area contributed by atoms with E-state index in [-0.39, 0.29) is 17.0 Å². The van der Waals surface area contributed by atoms with E-state index in [2.05, 4.69) is 10.5 Å². The predicted octanol–water partition coefficient (Wildman–Crippen LogP) is 2.37. The molecule has 2 aromatic carbocycles. The molecule has 2 N–H and O–H groups in total. The van der Waals surface area contributed by atoms with Crippen LogP contribution >= 0.6 is 0 Å². The van der Waals surface area contributed by atoms with Gasteiger partial charge in [0, 0.05) is 23.3 Å². The van der Waals surface area contributed by atoms with Crippen LogP contribution in [0.15, 0.2) is 47.6 Å². The Morgan fingerprint density at radius 3 is 2.64 bits per heavy atom. The average Bonchev–Trinajstić information content (AvgIpc) is 2.51. The lowest BCUT2D eigenvalue weighted by Gasteiger charge is -2.03. The Hall–Kier alpha value is -3.22. The second-order valence-electron chi connectivity index (χ2n) is 4.52. The third kappa shape index (κ3) is 3.45. The van der Waals surface area contributed by atoms with E-state index in [1.807, 2.05) is 0 Å². The molecule has 2 aromatic rings. The van der Waals surface area contributed by atoms with Gasteiger partial charge < -0.3 is 5.11 Å². The van der Waals surface area contributed by atoms with Gasteiger partial charge in [0.1, 0.15) is 5.75 Å². The zero-order valence-electron chi connectivity index (χ0n) is 11.7. The van der Waals surface area contributed by atoms with Crippen molar-refractivity contribution in [3.8, 4) is 5.75 Å². The van der Waals surface area contributed by atoms with Crippen molar-refractivity contribution < 1.29 is 14.8 Å². The number of phenols is 1. The van der Waals surface area contributed by atoms with Crippen molar-refractivity contribution in [2.75, 3.05) is 0 Å². The smallest absolute Gasteiger partial charge is 0.271 e. The van der Waals surface area contributed by atoms with E-state index in [0.717, 1.165) is 6.21 Å². The molecule has 0 unspecified atom stereocenters. The number of hydrogen-bond donors (Lipinski definition) is 2. The molecule has 0 atom stereocenters. The van der Waals surface area contributed by atoms with Gasteiger partial charge in [-0.05, 0) is 24.6 Å². The number of aryl methyl sites for hydroxylation is 1. The van der Waals surface area contributed by atoms with Crippen LogP contribution in [0.4, 0.5) is 5.69 Å². The molecule has 0 aromatic heterocycles. The summed E-state index contributed by atoms with van der Waals surface area (Å²) in [7, 11) is 0. The molecule has 0 bridgehead atoms. The number of carbonyl (C=O) groups is 1. The Kier molecular flexibility index (Phi) is 4.47. The molecule has 0 aliphatic rings. The lowest BCUT2D eigenvalue weighted by Crippen LogP contribution is -2.17. The quantitative estimate of drug-likeness (QED) is 0.513. The fourth-order valence-corrected chi connectivity index (χ4v) is 1.81. The maximum atomic E-state index is 11.8. The Morgan fingerprint density at radius 1 is 1.32 bits per heavy atom. The summed E-state index contributed by atoms with van der Waals surface area (Å²) in [5, 5.41) is 24.4. The van der Waals surface area contributed by atoms with Gasteiger partial charge in [0.2, 0.25) is 0 Å². The molecule has 0 saturated heterocycles. The van der Waals surface area contributed by atoms with Crippen LogP contribution in [0.25, 0.3) is 0 Å². The van der Waals surface area contributed by atoms with Gasteiger partial charge in [-0.3, -0.25) is 14.9 Å². The number of rotatable bonds is 4. The molecule has 112 valence electrons. The van der Waals surface area contributed by atoms with Crippen molar-refractivity contribution in [2.45, 2.75) is 6.92 Å². The first-order valence-electron chi connectivity index (χ1n) is 6.35. The first-order chi connectivity index (χ1) is 10.5. The molecule has 7 nitrogen and oxygen atoms in total. The van der Waals surface area contributed by atoms with Gasteiger partial charge in [-0.2, -0.15) is 5.10 Å². The molecule has 7 heteroatoms. The molecule has 0 heterocycles. The summed E-state index contributed by atoms with van der Waals surface area (Å²) in [5.41, 5.74) is 3.07. The zero-order chi connectivity index (χ0) is 16.1. The summed E-state index contributed by atoms with van der Waals surface area (Å²) in [4.78, 5) is 22.0. The first-order valence-corrected chi connectivity index (χ1v) is 6.35. The summed E-state index contributed by atoms with van der Waals surface area (Å²) < 4.78 is 0. The van der Waals surface area contributed by atoms with Crippen molar-refractivity contribution in [1.82, 2.24) is 5.43 Å². The molecule has 0 fully saturated rings. The normalized spacial score (nSPS) is 10.6. The van der Waals surface area contributed by atoms with E-state index in [1.54, 1.807) is 37.3 Å². The second-order valence-corrected chi connectivity index (χ2v) is 4.52. The van der Waals surface area contributed by atoms with Crippen LogP contribution < -0.4 is 5.43 Å². The summed E-state index contributed by atoms with van der Waals surface area (Å²) in [6.45, 7) is 1.54. The van der Waals surface area contributed by atoms with Gasteiger partial charge in [0.05, 0.1) is 11.1 Å². The largest absolute Gasteiger partial charge is 0.507 e. The fraction of sp³-hybridized carbons (Fsp3) is 0.0667. The van der Waals surface area contributed by atoms with E-state index >= 15 is 0 Å². The lowest BCUT2D eigenvalue weighted by atomic mass is 10.1. The molecule has 0 aliphatic heterocycles. The van der Waals surface area contributed by atoms with Gasteiger partial charge in [0.15, 0.2) is 0 Å². The molecular weight excluding hydrogens is 286 g/mol. The van der Waals surface area contributed by atoms with Crippen LogP contribution in [0.5, 0.6) is 5.75 Å². The van der Waals surface area contributed by atoms with Crippen molar-refractivity contribution >= 4 is 17.8 Å². The summed E-state index contributed by atoms with van der Waals surface area (Å²) in [5.74, 6) is -0.540. The van der Waals surface area contributed by atoms with Gasteiger partial charge in [-0.25, -0.2) is 5.43 Å². The minimum Gasteiger partial charge on any atom is -0.507 e. The third-order valence-electron chi connectivity index (χ3n) is 2.93. The number of phenolic OH excluding ortho intramolecular Hbond substituents is 1. The number of non-ortho nitro benzene ring substituents is 1. The first kappa shape index (κ1) is 15.2. The number of nitro groups is 1. The Morgan fingerprint density at radius 2 is 2.00 bits per heavy atom. The molecule has 22 heavy (non-hydrogen) atoms. The van der Waals surface area contributed by atoms with Crippen LogP contribution in [0.3, 0.4) is 0 Å². The van der Waals surface area contributed by atoms with E-state index in [4.69, 9.17) is 0 Å². The monoisotopic (exact) mass is 299 g/mol. The highest BCUT2D eigenvalue weighted by molar-refractivity contribution is 5.95. The number of benzene rings is 2. The van der Waals surface area contributed by atoms with Crippen LogP contribution in [0, 0.1) is 17.0 Å². The summed E-state index contributed by atoms with van der Waals surface area (Å²) >= 11 is 0. The van der Waals surface area contributed by atoms with Gasteiger partial charge >= 0.3 is 0 Å². The average molecular weight is 299 g/mol. The number of carbonyl (C=O) groups excluding carboxylic acids is 1. The van der Waals surface area contributed by atoms with Crippen molar-refractivity contribution in [3.05, 3.63) is 69.3 Å². The molecular formula is C15H13N3O4. The number of nitrogens with one attached hydrogen (secondary N) is 1. The predicted molar refractivity (Wildman–Crippen MR) is 81.0 cm³/mol. The Labute approximate surface area is 126 Å². The summed E-state index contributed by atoms with van der Waals surface area (Å²) in [6.07, 6.45) is 1.16. The van der Waals surface area contributed by atoms with E-state index in [1.165, 1.54) is 12.1 Å². The standard InChI is InChI=1S/C15H13N3O4/c1-10-7-13(18(21)22)8-12(14(10)19)9-16-17-15(20)11-5-3-2-4-6-11/h2-9,19H,1H3,(H,17,20). The Bertz CT molecular complexity index is 742. The highest BCUT2D eigenvalue weighted by Gasteiger charge is 2.12. The lowest BCUT2D eigenvalue weighted by molar-refractivity contribution is -0.384. The number of hydrogen-bond acceptors (Lipinski definition) is 5. The van der Waals surface area contributed by atoms with Crippen molar-refractivity contribution in [1.29, 1.82) is 0 Å². The van der Waals surface area contributed by atoms with Crippen LogP contribution in [0.1, 0.15) is 21.5 Å². The second kappa shape index (κ2) is 6.49. The maximum Gasteiger partial charge on any atom is 0.271 e. The highest BCUT2D eigenvalue weighted by atomic mass is 16.6. The topological polar surface area (TPSA) is 105 Å². The minimum absolute atomic E-state index is 0.122. The van der Waals surface area contributed by atoms with E-state index in [0.29, 0.717) is 11.1 Å². The van der Waals surface area contributed by atoms with Crippen molar-refractivity contribution in [2.24, 2.45) is 5.10 Å². The molecule has 1 amide bonds. The van der Waals surface area contributed by atoms with E-state index in [9.17, 15) is 20.0 Å². The number of nitrogens with zero attached hydrogens (tertiary/aromatic N) is 2. The number of nitro benzene ring substituents is 1. The fourth-order valence-electron chi connectivity index (χ4n) is 1.81. The maximum absolute atomic E-state index is 11.8. The minimum atomic E-state index is -0.563. The number of hydrazone groups is 1. The number of amides is 1. The molecule has 2 rings (SSSR count). The van der Waals surface area contributed by atoms with Gasteiger partial charge in [0.25, 0.3) is 11.6 Å². The third-order valence-corrected chi connectivity index (χ3v) is 2.93. The van der Waals surface area contributed by atoms with Gasteiger partial charge in [-0.15, -0.1) is 0 Å². The van der Waals surface area contributed by atoms with Crippen LogP contribution in [0.2, 0.25) is 0 Å². The number of aromatic hydroxyl groups is 1.